The zero-order chi connectivity index (χ0) is 12.3. The highest BCUT2D eigenvalue weighted by Gasteiger charge is 1.91. The Hall–Kier alpha value is -2.11. The number of methoxy groups -OCH3 is 1. The van der Waals surface area contributed by atoms with Crippen LogP contribution in [-0.4, -0.2) is 30.1 Å². The van der Waals surface area contributed by atoms with Gasteiger partial charge in [0.2, 0.25) is 0 Å². The number of carbonyl (C=O) groups is 3. The Labute approximate surface area is 86.8 Å². The minimum absolute atomic E-state index is 0.329. The molecule has 0 radical (unpaired) electrons. The van der Waals surface area contributed by atoms with Crippen LogP contribution in [0.25, 0.3) is 0 Å². The standard InChI is InChI=1S/C5H6O4.C4H6O2/c1-9-5(8)3-2-4(6)7;1-3-6-4(2)5/h2-3H,1H3,(H,6,7);3H,1H2,2H3/b3-2-;. The highest BCUT2D eigenvalue weighted by atomic mass is 16.5. The highest BCUT2D eigenvalue weighted by Crippen LogP contribution is 1.76. The molecule has 0 amide bonds. The van der Waals surface area contributed by atoms with Crippen molar-refractivity contribution in [3.8, 4) is 0 Å². The molecular formula is C9H12O6. The van der Waals surface area contributed by atoms with Crippen molar-refractivity contribution < 1.29 is 29.0 Å². The third kappa shape index (κ3) is 18.7. The smallest absolute Gasteiger partial charge is 0.330 e. The highest BCUT2D eigenvalue weighted by molar-refractivity contribution is 5.90. The lowest BCUT2D eigenvalue weighted by molar-refractivity contribution is -0.136. The van der Waals surface area contributed by atoms with E-state index in [-0.39, 0.29) is 5.97 Å². The van der Waals surface area contributed by atoms with Gasteiger partial charge in [0.15, 0.2) is 0 Å². The zero-order valence-corrected chi connectivity index (χ0v) is 8.43. The molecule has 0 heterocycles. The predicted octanol–water partition coefficient (Wildman–Crippen LogP) is 0.493. The molecule has 0 aliphatic rings. The number of ether oxygens (including phenoxy) is 2. The van der Waals surface area contributed by atoms with Crippen LogP contribution in [-0.2, 0) is 23.9 Å². The zero-order valence-electron chi connectivity index (χ0n) is 8.43. The fourth-order valence-electron chi connectivity index (χ4n) is 0.325. The van der Waals surface area contributed by atoms with Gasteiger partial charge in [-0.15, -0.1) is 0 Å². The normalized spacial score (nSPS) is 8.40. The molecule has 0 aromatic rings. The SMILES string of the molecule is C=COC(C)=O.COC(=O)/C=C\C(=O)O. The maximum atomic E-state index is 10.1. The number of aliphatic carboxylic acids is 1. The first-order chi connectivity index (χ1) is 6.93. The van der Waals surface area contributed by atoms with E-state index >= 15 is 0 Å². The summed E-state index contributed by atoms with van der Waals surface area (Å²) in [5.74, 6) is -2.16. The van der Waals surface area contributed by atoms with Gasteiger partial charge in [-0.2, -0.15) is 0 Å². The van der Waals surface area contributed by atoms with Crippen molar-refractivity contribution >= 4 is 17.9 Å². The van der Waals surface area contributed by atoms with Gasteiger partial charge in [0.25, 0.3) is 0 Å². The Bertz CT molecular complexity index is 266. The van der Waals surface area contributed by atoms with Crippen LogP contribution < -0.4 is 0 Å². The molecule has 6 heteroatoms. The first kappa shape index (κ1) is 15.4. The topological polar surface area (TPSA) is 89.9 Å². The summed E-state index contributed by atoms with van der Waals surface area (Å²) in [6.07, 6.45) is 2.65. The molecule has 0 aromatic heterocycles. The summed E-state index contributed by atoms with van der Waals surface area (Å²) in [6.45, 7) is 4.48. The number of hydrogen-bond acceptors (Lipinski definition) is 5. The third-order valence-electron chi connectivity index (χ3n) is 0.812. The molecule has 0 saturated carbocycles. The van der Waals surface area contributed by atoms with E-state index in [4.69, 9.17) is 5.11 Å². The van der Waals surface area contributed by atoms with Gasteiger partial charge in [0.1, 0.15) is 0 Å². The van der Waals surface area contributed by atoms with E-state index in [0.717, 1.165) is 12.3 Å². The first-order valence-electron chi connectivity index (χ1n) is 3.71. The number of hydrogen-bond donors (Lipinski definition) is 1. The Morgan fingerprint density at radius 1 is 1.27 bits per heavy atom. The number of carboxylic acid groups (broad SMARTS) is 1. The average molecular weight is 216 g/mol. The Kier molecular flexibility index (Phi) is 10.2. The minimum atomic E-state index is -1.17. The van der Waals surface area contributed by atoms with E-state index in [1.54, 1.807) is 0 Å². The molecule has 0 aliphatic carbocycles. The second-order valence-corrected chi connectivity index (χ2v) is 1.97. The van der Waals surface area contributed by atoms with Crippen molar-refractivity contribution in [1.82, 2.24) is 0 Å². The first-order valence-corrected chi connectivity index (χ1v) is 3.71. The molecule has 0 fully saturated rings. The van der Waals surface area contributed by atoms with Crippen LogP contribution in [0.1, 0.15) is 6.92 Å². The molecule has 0 aliphatic heterocycles. The largest absolute Gasteiger partial charge is 0.478 e. The lowest BCUT2D eigenvalue weighted by Gasteiger charge is -1.85. The molecule has 0 aromatic carbocycles. The summed E-state index contributed by atoms with van der Waals surface area (Å²) < 4.78 is 8.28. The predicted molar refractivity (Wildman–Crippen MR) is 50.8 cm³/mol. The molecule has 1 N–H and O–H groups in total. The molecule has 84 valence electrons. The number of carbonyl (C=O) groups excluding carboxylic acids is 2. The molecule has 0 unspecified atom stereocenters. The van der Waals surface area contributed by atoms with E-state index in [1.165, 1.54) is 14.0 Å². The number of esters is 2. The van der Waals surface area contributed by atoms with Crippen LogP contribution in [0.4, 0.5) is 0 Å². The summed E-state index contributed by atoms with van der Waals surface area (Å²) in [6, 6.07) is 0. The molecule has 0 atom stereocenters. The van der Waals surface area contributed by atoms with Crippen LogP contribution in [0.15, 0.2) is 25.0 Å². The lowest BCUT2D eigenvalue weighted by Crippen LogP contribution is -1.96. The monoisotopic (exact) mass is 216 g/mol. The molecule has 0 rings (SSSR count). The van der Waals surface area contributed by atoms with Gasteiger partial charge in [-0.3, -0.25) is 4.79 Å². The number of rotatable bonds is 3. The van der Waals surface area contributed by atoms with Gasteiger partial charge < -0.3 is 14.6 Å². The Morgan fingerprint density at radius 3 is 2.00 bits per heavy atom. The van der Waals surface area contributed by atoms with Crippen LogP contribution in [0.3, 0.4) is 0 Å². The summed E-state index contributed by atoms with van der Waals surface area (Å²) in [7, 11) is 1.18. The Morgan fingerprint density at radius 2 is 1.80 bits per heavy atom. The van der Waals surface area contributed by atoms with Gasteiger partial charge in [0, 0.05) is 19.1 Å². The van der Waals surface area contributed by atoms with Crippen LogP contribution in [0, 0.1) is 0 Å². The van der Waals surface area contributed by atoms with Crippen molar-refractivity contribution in [1.29, 1.82) is 0 Å². The summed E-state index contributed by atoms with van der Waals surface area (Å²) >= 11 is 0. The van der Waals surface area contributed by atoms with Gasteiger partial charge in [-0.1, -0.05) is 6.58 Å². The maximum absolute atomic E-state index is 10.1. The van der Waals surface area contributed by atoms with E-state index in [2.05, 4.69) is 16.1 Å². The van der Waals surface area contributed by atoms with Crippen LogP contribution in [0.2, 0.25) is 0 Å². The second kappa shape index (κ2) is 9.97. The van der Waals surface area contributed by atoms with Crippen molar-refractivity contribution in [3.63, 3.8) is 0 Å². The molecule has 0 saturated heterocycles. The molecule has 0 bridgehead atoms. The van der Waals surface area contributed by atoms with Crippen molar-refractivity contribution in [2.75, 3.05) is 7.11 Å². The molecule has 6 nitrogen and oxygen atoms in total. The lowest BCUT2D eigenvalue weighted by atomic mass is 10.5. The Balaban J connectivity index is 0. The second-order valence-electron chi connectivity index (χ2n) is 1.97. The maximum Gasteiger partial charge on any atom is 0.330 e. The van der Waals surface area contributed by atoms with Gasteiger partial charge in [0.05, 0.1) is 13.4 Å². The fourth-order valence-corrected chi connectivity index (χ4v) is 0.325. The molecule has 0 spiro atoms. The minimum Gasteiger partial charge on any atom is -0.478 e. The summed E-state index contributed by atoms with van der Waals surface area (Å²) in [4.78, 5) is 29.6. The summed E-state index contributed by atoms with van der Waals surface area (Å²) in [5, 5.41) is 7.96. The third-order valence-corrected chi connectivity index (χ3v) is 0.812. The van der Waals surface area contributed by atoms with Crippen molar-refractivity contribution in [2.24, 2.45) is 0 Å². The van der Waals surface area contributed by atoms with Crippen molar-refractivity contribution in [2.45, 2.75) is 6.92 Å². The quantitative estimate of drug-likeness (QED) is 0.419. The average Bonchev–Trinajstić information content (AvgIpc) is 2.14. The fraction of sp³-hybridized carbons (Fsp3) is 0.222. The van der Waals surface area contributed by atoms with Gasteiger partial charge >= 0.3 is 17.9 Å². The van der Waals surface area contributed by atoms with Crippen LogP contribution in [0.5, 0.6) is 0 Å². The van der Waals surface area contributed by atoms with Gasteiger partial charge in [-0.25, -0.2) is 9.59 Å². The molecular weight excluding hydrogens is 204 g/mol. The van der Waals surface area contributed by atoms with Crippen LogP contribution >= 0.6 is 0 Å². The van der Waals surface area contributed by atoms with E-state index in [0.29, 0.717) is 6.08 Å². The van der Waals surface area contributed by atoms with E-state index < -0.39 is 11.9 Å². The number of carboxylic acids is 1. The summed E-state index contributed by atoms with van der Waals surface area (Å²) in [5.41, 5.74) is 0. The van der Waals surface area contributed by atoms with Crippen molar-refractivity contribution in [3.05, 3.63) is 25.0 Å². The van der Waals surface area contributed by atoms with Gasteiger partial charge in [-0.05, 0) is 0 Å². The van der Waals surface area contributed by atoms with E-state index in [9.17, 15) is 14.4 Å². The van der Waals surface area contributed by atoms with E-state index in [1.807, 2.05) is 0 Å². The molecule has 15 heavy (non-hydrogen) atoms.